The quantitative estimate of drug-likeness (QED) is 0.443. The highest BCUT2D eigenvalue weighted by atomic mass is 16.6. The molecule has 0 heterocycles. The van der Waals surface area contributed by atoms with Gasteiger partial charge in [-0.2, -0.15) is 0 Å². The van der Waals surface area contributed by atoms with Gasteiger partial charge in [0, 0.05) is 0 Å². The number of carboxylic acids is 1. The van der Waals surface area contributed by atoms with Crippen LogP contribution in [0.2, 0.25) is 0 Å². The molecule has 0 bridgehead atoms. The van der Waals surface area contributed by atoms with Crippen molar-refractivity contribution in [3.05, 3.63) is 0 Å². The van der Waals surface area contributed by atoms with Gasteiger partial charge in [-0.3, -0.25) is 4.79 Å². The van der Waals surface area contributed by atoms with Crippen molar-refractivity contribution >= 4 is 12.1 Å². The number of carbonyl (C=O) groups is 2. The number of nitrogens with one attached hydrogen (secondary N) is 2. The fourth-order valence-corrected chi connectivity index (χ4v) is 2.63. The van der Waals surface area contributed by atoms with Crippen LogP contribution in [-0.2, 0) is 9.53 Å². The van der Waals surface area contributed by atoms with Gasteiger partial charge in [0.25, 0.3) is 0 Å². The molecule has 0 aliphatic carbocycles. The van der Waals surface area contributed by atoms with E-state index in [1.165, 1.54) is 0 Å². The second-order valence-corrected chi connectivity index (χ2v) is 8.71. The van der Waals surface area contributed by atoms with Crippen molar-refractivity contribution in [3.8, 4) is 0 Å². The van der Waals surface area contributed by atoms with E-state index in [1.807, 2.05) is 27.7 Å². The summed E-state index contributed by atoms with van der Waals surface area (Å²) in [5.74, 6) is -0.347. The fraction of sp³-hybridized carbons (Fsp3) is 0.895. The van der Waals surface area contributed by atoms with Crippen molar-refractivity contribution in [1.82, 2.24) is 10.6 Å². The number of alkyl carbamates (subject to hydrolysis) is 1. The lowest BCUT2D eigenvalue weighted by atomic mass is 9.97. The molecule has 26 heavy (non-hydrogen) atoms. The van der Waals surface area contributed by atoms with Crippen molar-refractivity contribution < 1.29 is 24.5 Å². The Balaban J connectivity index is 4.65. The van der Waals surface area contributed by atoms with Crippen LogP contribution in [0.5, 0.6) is 0 Å². The smallest absolute Gasteiger partial charge is 0.407 e. The average Bonchev–Trinajstić information content (AvgIpc) is 2.42. The molecule has 1 amide bonds. The van der Waals surface area contributed by atoms with Crippen molar-refractivity contribution in [1.29, 1.82) is 0 Å². The van der Waals surface area contributed by atoms with Gasteiger partial charge in [0.05, 0.1) is 12.1 Å². The number of carboxylic acid groups (broad SMARTS) is 1. The Labute approximate surface area is 157 Å². The minimum absolute atomic E-state index is 0.260. The van der Waals surface area contributed by atoms with Gasteiger partial charge in [-0.05, 0) is 58.4 Å². The van der Waals surface area contributed by atoms with E-state index < -0.39 is 35.9 Å². The Kier molecular flexibility index (Phi) is 10.8. The van der Waals surface area contributed by atoms with Gasteiger partial charge < -0.3 is 25.6 Å². The third-order valence-electron chi connectivity index (χ3n) is 3.73. The van der Waals surface area contributed by atoms with Crippen molar-refractivity contribution in [2.45, 2.75) is 91.5 Å². The van der Waals surface area contributed by atoms with Crippen LogP contribution in [0.15, 0.2) is 0 Å². The molecule has 0 aliphatic rings. The first kappa shape index (κ1) is 24.7. The first-order chi connectivity index (χ1) is 11.8. The fourth-order valence-electron chi connectivity index (χ4n) is 2.63. The molecule has 7 nitrogen and oxygen atoms in total. The van der Waals surface area contributed by atoms with Gasteiger partial charge in [0.2, 0.25) is 0 Å². The highest BCUT2D eigenvalue weighted by Crippen LogP contribution is 2.13. The zero-order chi connectivity index (χ0) is 20.5. The number of amides is 1. The average molecular weight is 375 g/mol. The van der Waals surface area contributed by atoms with E-state index in [9.17, 15) is 19.8 Å². The number of carbonyl (C=O) groups excluding carboxylic acids is 1. The van der Waals surface area contributed by atoms with E-state index in [-0.39, 0.29) is 11.8 Å². The second-order valence-electron chi connectivity index (χ2n) is 8.71. The van der Waals surface area contributed by atoms with E-state index in [0.29, 0.717) is 25.8 Å². The van der Waals surface area contributed by atoms with E-state index in [2.05, 4.69) is 10.6 Å². The molecule has 154 valence electrons. The number of rotatable bonds is 11. The SMILES string of the molecule is CC(C)C[C@H](NCC[C@H](O)[C@H](CC(C)C)NC(=O)OC(C)(C)C)C(=O)O. The number of hydrogen-bond donors (Lipinski definition) is 4. The molecule has 0 unspecified atom stereocenters. The van der Waals surface area contributed by atoms with Gasteiger partial charge in [-0.25, -0.2) is 4.79 Å². The zero-order valence-corrected chi connectivity index (χ0v) is 17.3. The van der Waals surface area contributed by atoms with Crippen molar-refractivity contribution in [2.24, 2.45) is 11.8 Å². The van der Waals surface area contributed by atoms with Gasteiger partial charge in [-0.15, -0.1) is 0 Å². The van der Waals surface area contributed by atoms with Crippen molar-refractivity contribution in [3.63, 3.8) is 0 Å². The predicted octanol–water partition coefficient (Wildman–Crippen LogP) is 2.77. The van der Waals surface area contributed by atoms with Crippen LogP contribution in [-0.4, -0.2) is 52.6 Å². The second kappa shape index (κ2) is 11.4. The first-order valence-corrected chi connectivity index (χ1v) is 9.45. The molecule has 0 saturated heterocycles. The Morgan fingerprint density at radius 3 is 2.00 bits per heavy atom. The molecule has 7 heteroatoms. The topological polar surface area (TPSA) is 108 Å². The highest BCUT2D eigenvalue weighted by Gasteiger charge is 2.26. The van der Waals surface area contributed by atoms with E-state index >= 15 is 0 Å². The Hall–Kier alpha value is -1.34. The number of hydrogen-bond acceptors (Lipinski definition) is 5. The van der Waals surface area contributed by atoms with Gasteiger partial charge in [0.1, 0.15) is 11.6 Å². The van der Waals surface area contributed by atoms with Crippen LogP contribution in [0.25, 0.3) is 0 Å². The molecular formula is C19H38N2O5. The molecular weight excluding hydrogens is 336 g/mol. The van der Waals surface area contributed by atoms with Crippen LogP contribution in [0.4, 0.5) is 4.79 Å². The first-order valence-electron chi connectivity index (χ1n) is 9.45. The number of aliphatic hydroxyl groups is 1. The predicted molar refractivity (Wildman–Crippen MR) is 102 cm³/mol. The lowest BCUT2D eigenvalue weighted by Gasteiger charge is -2.28. The summed E-state index contributed by atoms with van der Waals surface area (Å²) < 4.78 is 5.26. The number of ether oxygens (including phenoxy) is 1. The molecule has 0 fully saturated rings. The molecule has 0 rings (SSSR count). The van der Waals surface area contributed by atoms with Crippen molar-refractivity contribution in [2.75, 3.05) is 6.54 Å². The normalized spacial score (nSPS) is 15.6. The summed E-state index contributed by atoms with van der Waals surface area (Å²) in [4.78, 5) is 23.3. The largest absolute Gasteiger partial charge is 0.480 e. The summed E-state index contributed by atoms with van der Waals surface area (Å²) in [5, 5.41) is 25.4. The van der Waals surface area contributed by atoms with Gasteiger partial charge in [0.15, 0.2) is 0 Å². The summed E-state index contributed by atoms with van der Waals surface area (Å²) in [5.41, 5.74) is -0.607. The zero-order valence-electron chi connectivity index (χ0n) is 17.3. The summed E-state index contributed by atoms with van der Waals surface area (Å²) in [7, 11) is 0. The molecule has 0 saturated carbocycles. The summed E-state index contributed by atoms with van der Waals surface area (Å²) in [6, 6.07) is -1.08. The van der Waals surface area contributed by atoms with Crippen LogP contribution in [0.1, 0.15) is 67.7 Å². The minimum Gasteiger partial charge on any atom is -0.480 e. The third kappa shape index (κ3) is 12.1. The van der Waals surface area contributed by atoms with E-state index in [0.717, 1.165) is 0 Å². The molecule has 0 aliphatic heterocycles. The van der Waals surface area contributed by atoms with Gasteiger partial charge >= 0.3 is 12.1 Å². The number of aliphatic carboxylic acids is 1. The Bertz CT molecular complexity index is 432. The minimum atomic E-state index is -0.890. The van der Waals surface area contributed by atoms with Crippen LogP contribution >= 0.6 is 0 Å². The number of aliphatic hydroxyl groups excluding tert-OH is 1. The maximum Gasteiger partial charge on any atom is 0.407 e. The molecule has 4 N–H and O–H groups in total. The lowest BCUT2D eigenvalue weighted by Crippen LogP contribution is -2.47. The summed E-state index contributed by atoms with van der Waals surface area (Å²) in [6.07, 6.45) is 0.130. The van der Waals surface area contributed by atoms with Crippen LogP contribution < -0.4 is 10.6 Å². The monoisotopic (exact) mass is 374 g/mol. The molecule has 0 aromatic heterocycles. The maximum atomic E-state index is 12.0. The lowest BCUT2D eigenvalue weighted by molar-refractivity contribution is -0.140. The van der Waals surface area contributed by atoms with E-state index in [1.54, 1.807) is 20.8 Å². The standard InChI is InChI=1S/C19H38N2O5/c1-12(2)10-14(21-18(25)26-19(5,6)7)16(22)8-9-20-15(17(23)24)11-13(3)4/h12-16,20,22H,8-11H2,1-7H3,(H,21,25)(H,23,24)/t14-,15-,16-/m0/s1. The molecule has 0 aromatic rings. The third-order valence-corrected chi connectivity index (χ3v) is 3.73. The van der Waals surface area contributed by atoms with Crippen LogP contribution in [0.3, 0.4) is 0 Å². The summed E-state index contributed by atoms with van der Waals surface area (Å²) >= 11 is 0. The van der Waals surface area contributed by atoms with Crippen LogP contribution in [0, 0.1) is 11.8 Å². The maximum absolute atomic E-state index is 12.0. The van der Waals surface area contributed by atoms with E-state index in [4.69, 9.17) is 4.74 Å². The highest BCUT2D eigenvalue weighted by molar-refractivity contribution is 5.73. The molecule has 3 atom stereocenters. The molecule has 0 radical (unpaired) electrons. The molecule has 0 aromatic carbocycles. The molecule has 0 spiro atoms. The Morgan fingerprint density at radius 1 is 1.04 bits per heavy atom. The Morgan fingerprint density at radius 2 is 1.58 bits per heavy atom. The summed E-state index contributed by atoms with van der Waals surface area (Å²) in [6.45, 7) is 13.7. The van der Waals surface area contributed by atoms with Gasteiger partial charge in [-0.1, -0.05) is 27.7 Å².